The summed E-state index contributed by atoms with van der Waals surface area (Å²) in [7, 11) is 1.51. The topological polar surface area (TPSA) is 59.4 Å². The van der Waals surface area contributed by atoms with Gasteiger partial charge in [0.2, 0.25) is 0 Å². The van der Waals surface area contributed by atoms with E-state index in [1.807, 2.05) is 0 Å². The molecule has 1 atom stereocenters. The minimum atomic E-state index is -0.842. The number of ether oxygens (including phenoxy) is 1. The van der Waals surface area contributed by atoms with Crippen LogP contribution in [0.2, 0.25) is 5.02 Å². The first-order valence-corrected chi connectivity index (χ1v) is 4.83. The summed E-state index contributed by atoms with van der Waals surface area (Å²) in [5.41, 5.74) is 0.658. The molecule has 82 valence electrons. The van der Waals surface area contributed by atoms with E-state index >= 15 is 0 Å². The number of nitrogens with zero attached hydrogens (tertiary/aromatic N) is 1. The molecule has 0 saturated carbocycles. The van der Waals surface area contributed by atoms with Crippen LogP contribution in [0.5, 0.6) is 5.75 Å². The molecular weight excluding hydrogens is 218 g/mol. The van der Waals surface area contributed by atoms with Crippen LogP contribution in [0.4, 0.5) is 0 Å². The van der Waals surface area contributed by atoms with Crippen molar-refractivity contribution >= 4 is 17.6 Å². The highest BCUT2D eigenvalue weighted by Gasteiger charge is 2.13. The Morgan fingerprint density at radius 2 is 2.40 bits per heavy atom. The molecule has 15 heavy (non-hydrogen) atoms. The number of carboxylic acids is 1. The van der Waals surface area contributed by atoms with Crippen molar-refractivity contribution in [3.63, 3.8) is 0 Å². The van der Waals surface area contributed by atoms with Gasteiger partial charge in [-0.15, -0.1) is 0 Å². The molecule has 1 N–H and O–H groups in total. The van der Waals surface area contributed by atoms with Crippen molar-refractivity contribution in [3.8, 4) is 5.75 Å². The van der Waals surface area contributed by atoms with Gasteiger partial charge < -0.3 is 9.84 Å². The third-order valence-electron chi connectivity index (χ3n) is 2.03. The second-order valence-corrected chi connectivity index (χ2v) is 3.66. The van der Waals surface area contributed by atoms with Crippen molar-refractivity contribution in [2.75, 3.05) is 7.11 Å². The third kappa shape index (κ3) is 3.09. The van der Waals surface area contributed by atoms with Crippen LogP contribution in [-0.2, 0) is 11.2 Å². The molecule has 0 bridgehead atoms. The monoisotopic (exact) mass is 229 g/mol. The van der Waals surface area contributed by atoms with Crippen molar-refractivity contribution in [2.24, 2.45) is 5.92 Å². The maximum Gasteiger partial charge on any atom is 0.306 e. The number of hydrogen-bond donors (Lipinski definition) is 1. The fourth-order valence-corrected chi connectivity index (χ4v) is 1.31. The molecule has 5 heteroatoms. The first-order valence-electron chi connectivity index (χ1n) is 4.45. The number of carboxylic acid groups (broad SMARTS) is 1. The molecule has 1 aromatic heterocycles. The lowest BCUT2D eigenvalue weighted by Crippen LogP contribution is -2.13. The second kappa shape index (κ2) is 4.98. The lowest BCUT2D eigenvalue weighted by atomic mass is 10.1. The van der Waals surface area contributed by atoms with Gasteiger partial charge in [-0.25, -0.2) is 0 Å². The Labute approximate surface area is 92.8 Å². The Hall–Kier alpha value is -1.29. The first-order chi connectivity index (χ1) is 7.04. The Morgan fingerprint density at radius 3 is 2.93 bits per heavy atom. The lowest BCUT2D eigenvalue weighted by molar-refractivity contribution is -0.141. The molecule has 1 unspecified atom stereocenters. The summed E-state index contributed by atoms with van der Waals surface area (Å²) < 4.78 is 5.01. The summed E-state index contributed by atoms with van der Waals surface area (Å²) in [5.74, 6) is -0.798. The molecule has 0 spiro atoms. The highest BCUT2D eigenvalue weighted by Crippen LogP contribution is 2.24. The average molecular weight is 230 g/mol. The van der Waals surface area contributed by atoms with Gasteiger partial charge in [-0.2, -0.15) is 0 Å². The van der Waals surface area contributed by atoms with Gasteiger partial charge in [-0.3, -0.25) is 9.78 Å². The van der Waals surface area contributed by atoms with Gasteiger partial charge in [0.15, 0.2) is 0 Å². The van der Waals surface area contributed by atoms with Crippen LogP contribution < -0.4 is 4.74 Å². The first kappa shape index (κ1) is 11.8. The number of carbonyl (C=O) groups is 1. The normalized spacial score (nSPS) is 12.2. The van der Waals surface area contributed by atoms with Crippen molar-refractivity contribution < 1.29 is 14.6 Å². The SMILES string of the molecule is COc1cc(CC(C)C(=O)O)ncc1Cl. The molecule has 0 fully saturated rings. The van der Waals surface area contributed by atoms with E-state index < -0.39 is 11.9 Å². The minimum absolute atomic E-state index is 0.364. The predicted molar refractivity (Wildman–Crippen MR) is 56.3 cm³/mol. The summed E-state index contributed by atoms with van der Waals surface area (Å²) in [6.07, 6.45) is 1.83. The Balaban J connectivity index is 2.83. The van der Waals surface area contributed by atoms with E-state index in [1.54, 1.807) is 13.0 Å². The maximum absolute atomic E-state index is 10.6. The van der Waals surface area contributed by atoms with Gasteiger partial charge in [0.25, 0.3) is 0 Å². The highest BCUT2D eigenvalue weighted by molar-refractivity contribution is 6.31. The predicted octanol–water partition coefficient (Wildman–Crippen LogP) is 2.01. The standard InChI is InChI=1S/C10H12ClNO3/c1-6(10(13)14)3-7-4-9(15-2)8(11)5-12-7/h4-6H,3H2,1-2H3,(H,13,14). The molecule has 0 amide bonds. The average Bonchev–Trinajstić information content (AvgIpc) is 2.20. The van der Waals surface area contributed by atoms with Crippen LogP contribution in [0.25, 0.3) is 0 Å². The van der Waals surface area contributed by atoms with E-state index in [2.05, 4.69) is 4.98 Å². The Bertz CT molecular complexity index is 368. The fourth-order valence-electron chi connectivity index (χ4n) is 1.13. The van der Waals surface area contributed by atoms with Crippen molar-refractivity contribution in [1.29, 1.82) is 0 Å². The molecule has 0 saturated heterocycles. The van der Waals surface area contributed by atoms with Gasteiger partial charge in [0, 0.05) is 24.4 Å². The van der Waals surface area contributed by atoms with Crippen molar-refractivity contribution in [3.05, 3.63) is 23.0 Å². The van der Waals surface area contributed by atoms with Crippen molar-refractivity contribution in [1.82, 2.24) is 4.98 Å². The van der Waals surface area contributed by atoms with Crippen LogP contribution >= 0.6 is 11.6 Å². The van der Waals surface area contributed by atoms with E-state index in [0.717, 1.165) is 0 Å². The summed E-state index contributed by atoms with van der Waals surface area (Å²) in [5, 5.41) is 9.16. The molecule has 1 heterocycles. The van der Waals surface area contributed by atoms with Gasteiger partial charge in [-0.1, -0.05) is 18.5 Å². The molecule has 4 nitrogen and oxygen atoms in total. The second-order valence-electron chi connectivity index (χ2n) is 3.25. The zero-order valence-electron chi connectivity index (χ0n) is 8.53. The number of aromatic nitrogens is 1. The number of methoxy groups -OCH3 is 1. The molecule has 1 rings (SSSR count). The van der Waals surface area contributed by atoms with Crippen LogP contribution in [0.15, 0.2) is 12.3 Å². The van der Waals surface area contributed by atoms with Crippen LogP contribution in [0, 0.1) is 5.92 Å². The number of halogens is 1. The van der Waals surface area contributed by atoms with Gasteiger partial charge in [-0.05, 0) is 0 Å². The maximum atomic E-state index is 10.6. The smallest absolute Gasteiger partial charge is 0.306 e. The quantitative estimate of drug-likeness (QED) is 0.858. The number of aliphatic carboxylic acids is 1. The minimum Gasteiger partial charge on any atom is -0.495 e. The van der Waals surface area contributed by atoms with Crippen molar-refractivity contribution in [2.45, 2.75) is 13.3 Å². The molecule has 0 aromatic carbocycles. The highest BCUT2D eigenvalue weighted by atomic mass is 35.5. The molecule has 0 radical (unpaired) electrons. The summed E-state index contributed by atoms with van der Waals surface area (Å²) in [6.45, 7) is 1.63. The van der Waals surface area contributed by atoms with Gasteiger partial charge in [0.05, 0.1) is 13.0 Å². The molecule has 1 aromatic rings. The van der Waals surface area contributed by atoms with Crippen LogP contribution in [0.1, 0.15) is 12.6 Å². The van der Waals surface area contributed by atoms with E-state index in [1.165, 1.54) is 13.3 Å². The number of pyridine rings is 1. The summed E-state index contributed by atoms with van der Waals surface area (Å²) in [6, 6.07) is 1.65. The van der Waals surface area contributed by atoms with E-state index in [9.17, 15) is 4.79 Å². The van der Waals surface area contributed by atoms with Crippen LogP contribution in [0.3, 0.4) is 0 Å². The summed E-state index contributed by atoms with van der Waals surface area (Å²) in [4.78, 5) is 14.7. The zero-order chi connectivity index (χ0) is 11.4. The number of rotatable bonds is 4. The molecule has 0 aliphatic heterocycles. The lowest BCUT2D eigenvalue weighted by Gasteiger charge is -2.07. The third-order valence-corrected chi connectivity index (χ3v) is 2.32. The Morgan fingerprint density at radius 1 is 1.73 bits per heavy atom. The largest absolute Gasteiger partial charge is 0.495 e. The zero-order valence-corrected chi connectivity index (χ0v) is 9.28. The fraction of sp³-hybridized carbons (Fsp3) is 0.400. The van der Waals surface area contributed by atoms with E-state index in [-0.39, 0.29) is 0 Å². The van der Waals surface area contributed by atoms with E-state index in [4.69, 9.17) is 21.4 Å². The van der Waals surface area contributed by atoms with Gasteiger partial charge >= 0.3 is 5.97 Å². The number of hydrogen-bond acceptors (Lipinski definition) is 3. The van der Waals surface area contributed by atoms with Crippen LogP contribution in [-0.4, -0.2) is 23.2 Å². The molecule has 0 aliphatic rings. The van der Waals surface area contributed by atoms with Gasteiger partial charge in [0.1, 0.15) is 10.8 Å². The molecular formula is C10H12ClNO3. The molecule has 0 aliphatic carbocycles. The van der Waals surface area contributed by atoms with E-state index in [0.29, 0.717) is 22.9 Å². The Kier molecular flexibility index (Phi) is 3.91. The summed E-state index contributed by atoms with van der Waals surface area (Å²) >= 11 is 5.79.